The van der Waals surface area contributed by atoms with Gasteiger partial charge in [-0.25, -0.2) is 0 Å². The van der Waals surface area contributed by atoms with Crippen molar-refractivity contribution in [1.29, 1.82) is 0 Å². The fraction of sp³-hybridized carbons (Fsp3) is 0.467. The summed E-state index contributed by atoms with van der Waals surface area (Å²) in [5.74, 6) is -1.05. The molecule has 0 unspecified atom stereocenters. The molecule has 0 spiro atoms. The number of anilines is 1. The van der Waals surface area contributed by atoms with Crippen molar-refractivity contribution in [2.75, 3.05) is 18.8 Å². The Morgan fingerprint density at radius 2 is 1.90 bits per heavy atom. The van der Waals surface area contributed by atoms with E-state index in [1.165, 1.54) is 4.90 Å². The van der Waals surface area contributed by atoms with Crippen molar-refractivity contribution in [3.63, 3.8) is 0 Å². The number of nitrogens with two attached hydrogens (primary N) is 1. The molecule has 1 fully saturated rings. The van der Waals surface area contributed by atoms with Gasteiger partial charge in [-0.05, 0) is 37.0 Å². The monoisotopic (exact) mass is 276 g/mol. The quantitative estimate of drug-likeness (QED) is 0.773. The third-order valence-electron chi connectivity index (χ3n) is 3.73. The zero-order valence-electron chi connectivity index (χ0n) is 11.6. The van der Waals surface area contributed by atoms with Crippen LogP contribution in [-0.2, 0) is 15.0 Å². The van der Waals surface area contributed by atoms with Crippen molar-refractivity contribution in [2.45, 2.75) is 31.6 Å². The molecule has 0 bridgehead atoms. The van der Waals surface area contributed by atoms with E-state index in [0.717, 1.165) is 24.8 Å². The highest BCUT2D eigenvalue weighted by Crippen LogP contribution is 2.49. The fourth-order valence-electron chi connectivity index (χ4n) is 2.54. The molecule has 1 aromatic carbocycles. The smallest absolute Gasteiger partial charge is 0.323 e. The number of amides is 1. The minimum absolute atomic E-state index is 0.0773. The summed E-state index contributed by atoms with van der Waals surface area (Å²) in [6.45, 7) is 2.18. The highest BCUT2D eigenvalue weighted by molar-refractivity contribution is 5.93. The van der Waals surface area contributed by atoms with Gasteiger partial charge in [0.25, 0.3) is 0 Å². The normalized spacial score (nSPS) is 15.7. The molecule has 1 amide bonds. The Hall–Kier alpha value is -2.04. The summed E-state index contributed by atoms with van der Waals surface area (Å²) >= 11 is 0. The maximum absolute atomic E-state index is 12.7. The zero-order valence-corrected chi connectivity index (χ0v) is 11.6. The number of rotatable bonds is 6. The molecule has 5 nitrogen and oxygen atoms in total. The molecule has 1 aromatic rings. The first-order valence-electron chi connectivity index (χ1n) is 6.87. The van der Waals surface area contributed by atoms with Crippen LogP contribution in [-0.4, -0.2) is 35.0 Å². The van der Waals surface area contributed by atoms with E-state index in [1.54, 1.807) is 12.1 Å². The van der Waals surface area contributed by atoms with Gasteiger partial charge in [-0.2, -0.15) is 0 Å². The van der Waals surface area contributed by atoms with Gasteiger partial charge in [0.2, 0.25) is 5.91 Å². The molecule has 1 saturated carbocycles. The number of aliphatic carboxylic acids is 1. The van der Waals surface area contributed by atoms with Gasteiger partial charge in [-0.3, -0.25) is 9.59 Å². The predicted octanol–water partition coefficient (Wildman–Crippen LogP) is 1.62. The number of carbonyl (C=O) groups excluding carboxylic acids is 1. The third-order valence-corrected chi connectivity index (χ3v) is 3.73. The molecular formula is C15H20N2O3. The Morgan fingerprint density at radius 1 is 1.30 bits per heavy atom. The predicted molar refractivity (Wildman–Crippen MR) is 76.3 cm³/mol. The third kappa shape index (κ3) is 2.76. The first-order valence-corrected chi connectivity index (χ1v) is 6.87. The highest BCUT2D eigenvalue weighted by atomic mass is 16.4. The molecule has 0 saturated heterocycles. The molecule has 20 heavy (non-hydrogen) atoms. The van der Waals surface area contributed by atoms with Gasteiger partial charge in [0.1, 0.15) is 6.54 Å². The van der Waals surface area contributed by atoms with E-state index in [0.29, 0.717) is 12.2 Å². The van der Waals surface area contributed by atoms with Gasteiger partial charge in [0, 0.05) is 12.2 Å². The number of carboxylic acid groups (broad SMARTS) is 1. The maximum atomic E-state index is 12.7. The zero-order chi connectivity index (χ0) is 14.8. The minimum Gasteiger partial charge on any atom is -0.480 e. The first kappa shape index (κ1) is 14.4. The van der Waals surface area contributed by atoms with Crippen LogP contribution < -0.4 is 5.73 Å². The van der Waals surface area contributed by atoms with E-state index in [1.807, 2.05) is 19.1 Å². The average molecular weight is 276 g/mol. The summed E-state index contributed by atoms with van der Waals surface area (Å²) in [4.78, 5) is 25.0. The second kappa shape index (κ2) is 5.53. The van der Waals surface area contributed by atoms with E-state index in [-0.39, 0.29) is 12.5 Å². The van der Waals surface area contributed by atoms with Crippen LogP contribution in [0.25, 0.3) is 0 Å². The second-order valence-corrected chi connectivity index (χ2v) is 5.32. The molecule has 1 aliphatic carbocycles. The number of hydrogen-bond acceptors (Lipinski definition) is 3. The minimum atomic E-state index is -0.972. The SMILES string of the molecule is CCCN(CC(=O)O)C(=O)C1(c2ccc(N)cc2)CC1. The van der Waals surface area contributed by atoms with Crippen LogP contribution in [0.5, 0.6) is 0 Å². The number of nitrogens with zero attached hydrogens (tertiary/aromatic N) is 1. The summed E-state index contributed by atoms with van der Waals surface area (Å²) in [6.07, 6.45) is 2.29. The standard InChI is InChI=1S/C15H20N2O3/c1-2-9-17(10-13(18)19)14(20)15(7-8-15)11-3-5-12(16)6-4-11/h3-6H,2,7-10,16H2,1H3,(H,18,19). The van der Waals surface area contributed by atoms with Gasteiger partial charge in [0.05, 0.1) is 5.41 Å². The average Bonchev–Trinajstić information content (AvgIpc) is 3.19. The van der Waals surface area contributed by atoms with E-state index >= 15 is 0 Å². The van der Waals surface area contributed by atoms with Gasteiger partial charge in [-0.15, -0.1) is 0 Å². The first-order chi connectivity index (χ1) is 9.49. The van der Waals surface area contributed by atoms with Crippen LogP contribution >= 0.6 is 0 Å². The van der Waals surface area contributed by atoms with Crippen molar-refractivity contribution in [3.8, 4) is 0 Å². The van der Waals surface area contributed by atoms with Crippen LogP contribution in [0.4, 0.5) is 5.69 Å². The molecule has 3 N–H and O–H groups in total. The maximum Gasteiger partial charge on any atom is 0.323 e. The Bertz CT molecular complexity index is 506. The Morgan fingerprint density at radius 3 is 2.35 bits per heavy atom. The Labute approximate surface area is 118 Å². The van der Waals surface area contributed by atoms with Gasteiger partial charge < -0.3 is 15.7 Å². The van der Waals surface area contributed by atoms with Gasteiger partial charge in [-0.1, -0.05) is 19.1 Å². The van der Waals surface area contributed by atoms with Gasteiger partial charge in [0.15, 0.2) is 0 Å². The van der Waals surface area contributed by atoms with Crippen LogP contribution in [0.2, 0.25) is 0 Å². The highest BCUT2D eigenvalue weighted by Gasteiger charge is 2.53. The fourth-order valence-corrected chi connectivity index (χ4v) is 2.54. The van der Waals surface area contributed by atoms with E-state index in [4.69, 9.17) is 10.8 Å². The second-order valence-electron chi connectivity index (χ2n) is 5.32. The Balaban J connectivity index is 2.21. The number of hydrogen-bond donors (Lipinski definition) is 2. The lowest BCUT2D eigenvalue weighted by Crippen LogP contribution is -2.42. The molecule has 0 heterocycles. The van der Waals surface area contributed by atoms with E-state index < -0.39 is 11.4 Å². The van der Waals surface area contributed by atoms with Crippen molar-refractivity contribution < 1.29 is 14.7 Å². The van der Waals surface area contributed by atoms with Crippen LogP contribution in [0.1, 0.15) is 31.7 Å². The van der Waals surface area contributed by atoms with Crippen molar-refractivity contribution >= 4 is 17.6 Å². The lowest BCUT2D eigenvalue weighted by Gasteiger charge is -2.26. The summed E-state index contributed by atoms with van der Waals surface area (Å²) in [6, 6.07) is 7.30. The summed E-state index contributed by atoms with van der Waals surface area (Å²) in [5.41, 5.74) is 6.73. The molecule has 0 radical (unpaired) electrons. The van der Waals surface area contributed by atoms with E-state index in [2.05, 4.69) is 0 Å². The van der Waals surface area contributed by atoms with Crippen molar-refractivity contribution in [1.82, 2.24) is 4.90 Å². The molecule has 2 rings (SSSR count). The molecule has 108 valence electrons. The molecular weight excluding hydrogens is 256 g/mol. The van der Waals surface area contributed by atoms with Crippen LogP contribution in [0.15, 0.2) is 24.3 Å². The van der Waals surface area contributed by atoms with Crippen molar-refractivity contribution in [2.24, 2.45) is 0 Å². The molecule has 0 aliphatic heterocycles. The lowest BCUT2D eigenvalue weighted by molar-refractivity contribution is -0.145. The van der Waals surface area contributed by atoms with Gasteiger partial charge >= 0.3 is 5.97 Å². The van der Waals surface area contributed by atoms with Crippen LogP contribution in [0.3, 0.4) is 0 Å². The summed E-state index contributed by atoms with van der Waals surface area (Å²) < 4.78 is 0. The van der Waals surface area contributed by atoms with Crippen molar-refractivity contribution in [3.05, 3.63) is 29.8 Å². The molecule has 0 atom stereocenters. The summed E-state index contributed by atoms with van der Waals surface area (Å²) in [5, 5.41) is 8.94. The molecule has 0 aromatic heterocycles. The molecule has 5 heteroatoms. The summed E-state index contributed by atoms with van der Waals surface area (Å²) in [7, 11) is 0. The van der Waals surface area contributed by atoms with E-state index in [9.17, 15) is 9.59 Å². The van der Waals surface area contributed by atoms with Crippen LogP contribution in [0, 0.1) is 0 Å². The largest absolute Gasteiger partial charge is 0.480 e. The number of carboxylic acids is 1. The molecule has 1 aliphatic rings. The number of carbonyl (C=O) groups is 2. The Kier molecular flexibility index (Phi) is 3.97. The topological polar surface area (TPSA) is 83.6 Å². The number of benzene rings is 1. The number of nitrogen functional groups attached to an aromatic ring is 1. The lowest BCUT2D eigenvalue weighted by atomic mass is 9.94.